The summed E-state index contributed by atoms with van der Waals surface area (Å²) >= 11 is 0. The SMILES string of the molecule is C=CCCc1ccc2cc(-c3ccc(-c4ccc(OC(F)F)c(F)c4)c(F)c3)ccc2c1. The first-order valence-electron chi connectivity index (χ1n) is 10.1. The van der Waals surface area contributed by atoms with Gasteiger partial charge < -0.3 is 4.74 Å². The molecule has 0 amide bonds. The van der Waals surface area contributed by atoms with Crippen molar-refractivity contribution in [2.75, 3.05) is 0 Å². The highest BCUT2D eigenvalue weighted by molar-refractivity contribution is 5.88. The normalized spacial score (nSPS) is 11.2. The van der Waals surface area contributed by atoms with E-state index < -0.39 is 24.0 Å². The minimum atomic E-state index is -3.13. The number of hydrogen-bond acceptors (Lipinski definition) is 1. The van der Waals surface area contributed by atoms with E-state index in [0.29, 0.717) is 5.56 Å². The Kier molecular flexibility index (Phi) is 6.26. The Morgan fingerprint density at radius 2 is 1.41 bits per heavy atom. The standard InChI is InChI=1S/C27H20F4O/c1-2-3-4-17-5-6-19-14-20(8-7-18(19)13-17)21-9-11-23(24(28)15-21)22-10-12-26(25(29)16-22)32-27(30)31/h2,5-16,27H,1,3-4H2. The maximum Gasteiger partial charge on any atom is 0.387 e. The summed E-state index contributed by atoms with van der Waals surface area (Å²) in [6.07, 6.45) is 3.75. The van der Waals surface area contributed by atoms with E-state index in [0.717, 1.165) is 41.3 Å². The van der Waals surface area contributed by atoms with E-state index >= 15 is 0 Å². The van der Waals surface area contributed by atoms with Gasteiger partial charge in [0.15, 0.2) is 11.6 Å². The van der Waals surface area contributed by atoms with Gasteiger partial charge in [-0.1, -0.05) is 54.6 Å². The van der Waals surface area contributed by atoms with Gasteiger partial charge >= 0.3 is 6.61 Å². The summed E-state index contributed by atoms with van der Waals surface area (Å²) in [6.45, 7) is 0.620. The molecule has 0 aliphatic rings. The zero-order chi connectivity index (χ0) is 22.7. The van der Waals surface area contributed by atoms with Crippen molar-refractivity contribution in [1.29, 1.82) is 0 Å². The van der Waals surface area contributed by atoms with Crippen molar-refractivity contribution in [2.24, 2.45) is 0 Å². The maximum atomic E-state index is 14.9. The first kappa shape index (κ1) is 21.6. The van der Waals surface area contributed by atoms with Crippen LogP contribution >= 0.6 is 0 Å². The summed E-state index contributed by atoms with van der Waals surface area (Å²) in [4.78, 5) is 0. The van der Waals surface area contributed by atoms with Gasteiger partial charge in [0, 0.05) is 5.56 Å². The lowest BCUT2D eigenvalue weighted by Gasteiger charge is -2.10. The van der Waals surface area contributed by atoms with Gasteiger partial charge in [-0.25, -0.2) is 8.78 Å². The summed E-state index contributed by atoms with van der Waals surface area (Å²) in [5.41, 5.74) is 3.18. The van der Waals surface area contributed by atoms with Gasteiger partial charge in [-0.2, -0.15) is 8.78 Å². The topological polar surface area (TPSA) is 9.23 Å². The monoisotopic (exact) mass is 436 g/mol. The van der Waals surface area contributed by atoms with Crippen LogP contribution in [-0.2, 0) is 6.42 Å². The number of hydrogen-bond donors (Lipinski definition) is 0. The number of aryl methyl sites for hydroxylation is 1. The lowest BCUT2D eigenvalue weighted by atomic mass is 9.96. The van der Waals surface area contributed by atoms with Gasteiger partial charge in [-0.3, -0.25) is 0 Å². The zero-order valence-corrected chi connectivity index (χ0v) is 17.1. The molecular formula is C27H20F4O. The highest BCUT2D eigenvalue weighted by atomic mass is 19.3. The molecule has 162 valence electrons. The van der Waals surface area contributed by atoms with Crippen molar-refractivity contribution in [1.82, 2.24) is 0 Å². The van der Waals surface area contributed by atoms with E-state index in [4.69, 9.17) is 0 Å². The Hall–Kier alpha value is -3.60. The van der Waals surface area contributed by atoms with Crippen LogP contribution in [0.5, 0.6) is 5.75 Å². The Balaban J connectivity index is 1.62. The Bertz CT molecular complexity index is 1280. The second kappa shape index (κ2) is 9.27. The molecule has 0 saturated carbocycles. The van der Waals surface area contributed by atoms with E-state index in [1.54, 1.807) is 12.1 Å². The fraction of sp³-hybridized carbons (Fsp3) is 0.111. The van der Waals surface area contributed by atoms with Crippen LogP contribution in [0.25, 0.3) is 33.0 Å². The Morgan fingerprint density at radius 3 is 2.12 bits per heavy atom. The van der Waals surface area contributed by atoms with Gasteiger partial charge in [-0.15, -0.1) is 6.58 Å². The van der Waals surface area contributed by atoms with E-state index in [1.807, 2.05) is 30.3 Å². The average molecular weight is 436 g/mol. The largest absolute Gasteiger partial charge is 0.432 e. The molecule has 0 N–H and O–H groups in total. The third-order valence-electron chi connectivity index (χ3n) is 5.30. The molecule has 0 unspecified atom stereocenters. The van der Waals surface area contributed by atoms with E-state index in [2.05, 4.69) is 23.4 Å². The molecule has 0 saturated heterocycles. The summed E-state index contributed by atoms with van der Waals surface area (Å²) in [6, 6.07) is 20.3. The Morgan fingerprint density at radius 1 is 0.750 bits per heavy atom. The second-order valence-corrected chi connectivity index (χ2v) is 7.44. The third kappa shape index (κ3) is 4.67. The van der Waals surface area contributed by atoms with Crippen molar-refractivity contribution in [3.8, 4) is 28.0 Å². The number of halogens is 4. The van der Waals surface area contributed by atoms with Crippen LogP contribution in [0.2, 0.25) is 0 Å². The number of allylic oxidation sites excluding steroid dienone is 1. The van der Waals surface area contributed by atoms with Gasteiger partial charge in [0.05, 0.1) is 0 Å². The van der Waals surface area contributed by atoms with Crippen molar-refractivity contribution in [3.63, 3.8) is 0 Å². The quantitative estimate of drug-likeness (QED) is 0.210. The first-order valence-corrected chi connectivity index (χ1v) is 10.1. The molecule has 0 aromatic heterocycles. The summed E-state index contributed by atoms with van der Waals surface area (Å²) in [5.74, 6) is -2.10. The Labute approximate surface area is 183 Å². The van der Waals surface area contributed by atoms with Crippen LogP contribution in [-0.4, -0.2) is 6.61 Å². The van der Waals surface area contributed by atoms with Crippen LogP contribution in [0.15, 0.2) is 85.5 Å². The molecule has 0 heterocycles. The molecule has 1 nitrogen and oxygen atoms in total. The molecular weight excluding hydrogens is 416 g/mol. The predicted octanol–water partition coefficient (Wildman–Crippen LogP) is 8.17. The number of rotatable bonds is 7. The minimum Gasteiger partial charge on any atom is -0.432 e. The molecule has 0 radical (unpaired) electrons. The van der Waals surface area contributed by atoms with Crippen LogP contribution < -0.4 is 4.74 Å². The molecule has 4 rings (SSSR count). The van der Waals surface area contributed by atoms with Gasteiger partial charge in [0.25, 0.3) is 0 Å². The third-order valence-corrected chi connectivity index (χ3v) is 5.30. The van der Waals surface area contributed by atoms with Crippen molar-refractivity contribution >= 4 is 10.8 Å². The molecule has 0 fully saturated rings. The lowest BCUT2D eigenvalue weighted by Crippen LogP contribution is -2.03. The number of alkyl halides is 2. The highest BCUT2D eigenvalue weighted by Gasteiger charge is 2.14. The number of ether oxygens (including phenoxy) is 1. The van der Waals surface area contributed by atoms with Crippen molar-refractivity contribution in [2.45, 2.75) is 19.5 Å². The lowest BCUT2D eigenvalue weighted by molar-refractivity contribution is -0.0521. The molecule has 32 heavy (non-hydrogen) atoms. The molecule has 0 atom stereocenters. The molecule has 0 bridgehead atoms. The van der Waals surface area contributed by atoms with Gasteiger partial charge in [-0.05, 0) is 70.1 Å². The predicted molar refractivity (Wildman–Crippen MR) is 120 cm³/mol. The molecule has 4 aromatic carbocycles. The van der Waals surface area contributed by atoms with E-state index in [1.165, 1.54) is 17.7 Å². The van der Waals surface area contributed by atoms with Crippen molar-refractivity contribution in [3.05, 3.63) is 103 Å². The fourth-order valence-corrected chi connectivity index (χ4v) is 3.69. The smallest absolute Gasteiger partial charge is 0.387 e. The molecule has 4 aromatic rings. The van der Waals surface area contributed by atoms with Crippen LogP contribution in [0.3, 0.4) is 0 Å². The van der Waals surface area contributed by atoms with Gasteiger partial charge in [0.2, 0.25) is 0 Å². The van der Waals surface area contributed by atoms with Gasteiger partial charge in [0.1, 0.15) is 5.82 Å². The molecule has 5 heteroatoms. The van der Waals surface area contributed by atoms with E-state index in [-0.39, 0.29) is 11.1 Å². The highest BCUT2D eigenvalue weighted by Crippen LogP contribution is 2.32. The van der Waals surface area contributed by atoms with E-state index in [9.17, 15) is 17.6 Å². The first-order chi connectivity index (χ1) is 15.4. The summed E-state index contributed by atoms with van der Waals surface area (Å²) in [7, 11) is 0. The van der Waals surface area contributed by atoms with Crippen LogP contribution in [0, 0.1) is 11.6 Å². The number of fused-ring (bicyclic) bond motifs is 1. The van der Waals surface area contributed by atoms with Crippen LogP contribution in [0.1, 0.15) is 12.0 Å². The maximum absolute atomic E-state index is 14.9. The minimum absolute atomic E-state index is 0.170. The zero-order valence-electron chi connectivity index (χ0n) is 17.1. The second-order valence-electron chi connectivity index (χ2n) is 7.44. The molecule has 0 spiro atoms. The summed E-state index contributed by atoms with van der Waals surface area (Å²) in [5, 5.41) is 2.15. The summed E-state index contributed by atoms with van der Waals surface area (Å²) < 4.78 is 57.6. The van der Waals surface area contributed by atoms with Crippen LogP contribution in [0.4, 0.5) is 17.6 Å². The molecule has 0 aliphatic carbocycles. The van der Waals surface area contributed by atoms with Crippen molar-refractivity contribution < 1.29 is 22.3 Å². The number of benzene rings is 4. The fourth-order valence-electron chi connectivity index (χ4n) is 3.69. The average Bonchev–Trinajstić information content (AvgIpc) is 2.78. The molecule has 0 aliphatic heterocycles.